The monoisotopic (exact) mass is 310 g/mol. The average Bonchev–Trinajstić information content (AvgIpc) is 2.51. The number of carbonyl (C=O) groups is 2. The summed E-state index contributed by atoms with van der Waals surface area (Å²) in [5.74, 6) is -0.359. The molecule has 0 heterocycles. The van der Waals surface area contributed by atoms with E-state index in [1.165, 1.54) is 4.90 Å². The Morgan fingerprint density at radius 3 is 2.30 bits per heavy atom. The number of hydrogen-bond donors (Lipinski definition) is 1. The highest BCUT2D eigenvalue weighted by atomic mass is 16.2. The SMILES string of the molecule is Cc1ccccc1C(=O)N(C)CC(=O)Nc1cccc(C)c1C. The van der Waals surface area contributed by atoms with E-state index in [4.69, 9.17) is 0 Å². The average molecular weight is 310 g/mol. The van der Waals surface area contributed by atoms with Gasteiger partial charge in [0, 0.05) is 18.3 Å². The van der Waals surface area contributed by atoms with Gasteiger partial charge in [0.15, 0.2) is 0 Å². The fourth-order valence-corrected chi connectivity index (χ4v) is 2.38. The van der Waals surface area contributed by atoms with E-state index in [1.54, 1.807) is 13.1 Å². The number of anilines is 1. The van der Waals surface area contributed by atoms with Crippen LogP contribution in [0.5, 0.6) is 0 Å². The second-order valence-electron chi connectivity index (χ2n) is 5.77. The molecule has 0 aliphatic heterocycles. The van der Waals surface area contributed by atoms with Crippen LogP contribution in [0.25, 0.3) is 0 Å². The Morgan fingerprint density at radius 2 is 1.61 bits per heavy atom. The van der Waals surface area contributed by atoms with Crippen LogP contribution >= 0.6 is 0 Å². The summed E-state index contributed by atoms with van der Waals surface area (Å²) in [5.41, 5.74) is 4.46. The zero-order valence-electron chi connectivity index (χ0n) is 14.0. The van der Waals surface area contributed by atoms with Crippen LogP contribution in [0.3, 0.4) is 0 Å². The number of hydrogen-bond acceptors (Lipinski definition) is 2. The van der Waals surface area contributed by atoms with E-state index in [9.17, 15) is 9.59 Å². The Hall–Kier alpha value is -2.62. The second kappa shape index (κ2) is 7.09. The number of rotatable bonds is 4. The first-order valence-electron chi connectivity index (χ1n) is 7.57. The van der Waals surface area contributed by atoms with E-state index in [0.717, 1.165) is 22.4 Å². The molecule has 4 heteroatoms. The zero-order valence-corrected chi connectivity index (χ0v) is 14.0. The molecule has 0 atom stereocenters. The summed E-state index contributed by atoms with van der Waals surface area (Å²) >= 11 is 0. The Morgan fingerprint density at radius 1 is 0.957 bits per heavy atom. The van der Waals surface area contributed by atoms with Gasteiger partial charge in [0.1, 0.15) is 0 Å². The van der Waals surface area contributed by atoms with Crippen molar-refractivity contribution in [3.05, 3.63) is 64.7 Å². The van der Waals surface area contributed by atoms with Gasteiger partial charge < -0.3 is 10.2 Å². The lowest BCUT2D eigenvalue weighted by molar-refractivity contribution is -0.116. The molecule has 2 aromatic carbocycles. The molecule has 0 radical (unpaired) electrons. The van der Waals surface area contributed by atoms with Crippen LogP contribution in [0, 0.1) is 20.8 Å². The third kappa shape index (κ3) is 3.97. The summed E-state index contributed by atoms with van der Waals surface area (Å²) in [6.45, 7) is 5.86. The van der Waals surface area contributed by atoms with E-state index in [2.05, 4.69) is 5.32 Å². The second-order valence-corrected chi connectivity index (χ2v) is 5.77. The summed E-state index contributed by atoms with van der Waals surface area (Å²) in [4.78, 5) is 26.1. The van der Waals surface area contributed by atoms with Crippen LogP contribution < -0.4 is 5.32 Å². The Kier molecular flexibility index (Phi) is 5.16. The van der Waals surface area contributed by atoms with Crippen molar-refractivity contribution in [2.45, 2.75) is 20.8 Å². The van der Waals surface area contributed by atoms with E-state index in [0.29, 0.717) is 5.56 Å². The predicted molar refractivity (Wildman–Crippen MR) is 92.7 cm³/mol. The molecule has 0 spiro atoms. The molecular weight excluding hydrogens is 288 g/mol. The van der Waals surface area contributed by atoms with E-state index in [-0.39, 0.29) is 18.4 Å². The quantitative estimate of drug-likeness (QED) is 0.941. The maximum atomic E-state index is 12.4. The number of nitrogens with one attached hydrogen (secondary N) is 1. The molecule has 1 N–H and O–H groups in total. The molecule has 0 aliphatic rings. The summed E-state index contributed by atoms with van der Waals surface area (Å²) in [5, 5.41) is 2.87. The van der Waals surface area contributed by atoms with Gasteiger partial charge in [0.05, 0.1) is 6.54 Å². The van der Waals surface area contributed by atoms with Gasteiger partial charge in [-0.05, 0) is 49.6 Å². The lowest BCUT2D eigenvalue weighted by Gasteiger charge is -2.18. The van der Waals surface area contributed by atoms with E-state index < -0.39 is 0 Å². The van der Waals surface area contributed by atoms with E-state index in [1.807, 2.05) is 57.2 Å². The number of benzene rings is 2. The lowest BCUT2D eigenvalue weighted by Crippen LogP contribution is -2.35. The van der Waals surface area contributed by atoms with Crippen molar-refractivity contribution in [3.63, 3.8) is 0 Å². The van der Waals surface area contributed by atoms with Gasteiger partial charge in [-0.3, -0.25) is 9.59 Å². The van der Waals surface area contributed by atoms with Crippen LogP contribution in [0.2, 0.25) is 0 Å². The molecule has 0 unspecified atom stereocenters. The number of nitrogens with zero attached hydrogens (tertiary/aromatic N) is 1. The van der Waals surface area contributed by atoms with Gasteiger partial charge in [0.2, 0.25) is 5.91 Å². The molecule has 2 amide bonds. The van der Waals surface area contributed by atoms with Gasteiger partial charge in [0.25, 0.3) is 5.91 Å². The first kappa shape index (κ1) is 16.7. The topological polar surface area (TPSA) is 49.4 Å². The standard InChI is InChI=1S/C19H22N2O2/c1-13-9-7-11-17(15(13)3)20-18(22)12-21(4)19(23)16-10-6-5-8-14(16)2/h5-11H,12H2,1-4H3,(H,20,22). The minimum Gasteiger partial charge on any atom is -0.332 e. The van der Waals surface area contributed by atoms with E-state index >= 15 is 0 Å². The minimum atomic E-state index is -0.205. The van der Waals surface area contributed by atoms with Crippen LogP contribution in [0.1, 0.15) is 27.0 Å². The summed E-state index contributed by atoms with van der Waals surface area (Å²) in [6.07, 6.45) is 0. The normalized spacial score (nSPS) is 10.3. The number of likely N-dealkylation sites (N-methyl/N-ethyl adjacent to an activating group) is 1. The van der Waals surface area contributed by atoms with Crippen molar-refractivity contribution in [1.82, 2.24) is 4.90 Å². The largest absolute Gasteiger partial charge is 0.332 e. The van der Waals surface area contributed by atoms with Crippen molar-refractivity contribution in [1.29, 1.82) is 0 Å². The number of carbonyl (C=O) groups excluding carboxylic acids is 2. The Labute approximate surface area is 137 Å². The highest BCUT2D eigenvalue weighted by Gasteiger charge is 2.16. The van der Waals surface area contributed by atoms with Gasteiger partial charge in [-0.1, -0.05) is 30.3 Å². The molecule has 0 saturated heterocycles. The van der Waals surface area contributed by atoms with Gasteiger partial charge in [-0.15, -0.1) is 0 Å². The molecule has 0 saturated carbocycles. The first-order valence-corrected chi connectivity index (χ1v) is 7.57. The van der Waals surface area contributed by atoms with Crippen LogP contribution in [-0.4, -0.2) is 30.3 Å². The van der Waals surface area contributed by atoms with Crippen LogP contribution in [0.4, 0.5) is 5.69 Å². The molecule has 0 aliphatic carbocycles. The van der Waals surface area contributed by atoms with Crippen molar-refractivity contribution < 1.29 is 9.59 Å². The third-order valence-corrected chi connectivity index (χ3v) is 3.98. The smallest absolute Gasteiger partial charge is 0.254 e. The van der Waals surface area contributed by atoms with Crippen molar-refractivity contribution >= 4 is 17.5 Å². The van der Waals surface area contributed by atoms with Crippen LogP contribution in [0.15, 0.2) is 42.5 Å². The summed E-state index contributed by atoms with van der Waals surface area (Å²) in [7, 11) is 1.64. The maximum Gasteiger partial charge on any atom is 0.254 e. The highest BCUT2D eigenvalue weighted by Crippen LogP contribution is 2.18. The predicted octanol–water partition coefficient (Wildman–Crippen LogP) is 3.32. The molecule has 0 aromatic heterocycles. The minimum absolute atomic E-state index is 0.0144. The fourth-order valence-electron chi connectivity index (χ4n) is 2.38. The fraction of sp³-hybridized carbons (Fsp3) is 0.263. The van der Waals surface area contributed by atoms with Crippen molar-refractivity contribution in [3.8, 4) is 0 Å². The van der Waals surface area contributed by atoms with Crippen molar-refractivity contribution in [2.24, 2.45) is 0 Å². The summed E-state index contributed by atoms with van der Waals surface area (Å²) < 4.78 is 0. The molecular formula is C19H22N2O2. The zero-order chi connectivity index (χ0) is 17.0. The third-order valence-electron chi connectivity index (χ3n) is 3.98. The lowest BCUT2D eigenvalue weighted by atomic mass is 10.1. The number of aryl methyl sites for hydroxylation is 2. The first-order chi connectivity index (χ1) is 10.9. The molecule has 0 fully saturated rings. The summed E-state index contributed by atoms with van der Waals surface area (Å²) in [6, 6.07) is 13.1. The maximum absolute atomic E-state index is 12.4. The molecule has 23 heavy (non-hydrogen) atoms. The molecule has 0 bridgehead atoms. The number of amides is 2. The van der Waals surface area contributed by atoms with Crippen molar-refractivity contribution in [2.75, 3.05) is 18.9 Å². The van der Waals surface area contributed by atoms with Gasteiger partial charge in [-0.25, -0.2) is 0 Å². The Balaban J connectivity index is 2.04. The molecule has 2 aromatic rings. The van der Waals surface area contributed by atoms with Gasteiger partial charge in [-0.2, -0.15) is 0 Å². The molecule has 4 nitrogen and oxygen atoms in total. The molecule has 2 rings (SSSR count). The molecule has 120 valence electrons. The van der Waals surface area contributed by atoms with Gasteiger partial charge >= 0.3 is 0 Å². The Bertz CT molecular complexity index is 738. The van der Waals surface area contributed by atoms with Crippen LogP contribution in [-0.2, 0) is 4.79 Å². The highest BCUT2D eigenvalue weighted by molar-refractivity contribution is 6.00.